The molecule has 1 radical (unpaired) electrons. The van der Waals surface area contributed by atoms with Crippen molar-refractivity contribution in [1.29, 1.82) is 0 Å². The quantitative estimate of drug-likeness (QED) is 0.432. The molecule has 0 saturated heterocycles. The van der Waals surface area contributed by atoms with Crippen LogP contribution in [0.4, 0.5) is 0 Å². The first-order valence-electron chi connectivity index (χ1n) is 8.00. The van der Waals surface area contributed by atoms with Gasteiger partial charge in [0.2, 0.25) is 0 Å². The fraction of sp³-hybridized carbons (Fsp3) is 0.450. The predicted octanol–water partition coefficient (Wildman–Crippen LogP) is -0.258. The first kappa shape index (κ1) is 33.3. The summed E-state index contributed by atoms with van der Waals surface area (Å²) in [7, 11) is 0.750. The van der Waals surface area contributed by atoms with E-state index in [1.54, 1.807) is 12.1 Å². The van der Waals surface area contributed by atoms with Gasteiger partial charge in [0.05, 0.1) is 5.91 Å². The van der Waals surface area contributed by atoms with Gasteiger partial charge in [-0.15, -0.1) is 6.92 Å². The van der Waals surface area contributed by atoms with E-state index in [9.17, 15) is 4.79 Å². The van der Waals surface area contributed by atoms with E-state index < -0.39 is 5.91 Å². The van der Waals surface area contributed by atoms with Gasteiger partial charge in [-0.3, -0.25) is 6.08 Å². The molecule has 0 spiro atoms. The number of benzene rings is 1. The Bertz CT molecular complexity index is 596. The summed E-state index contributed by atoms with van der Waals surface area (Å²) in [5.74, 6) is -0.0539. The van der Waals surface area contributed by atoms with Gasteiger partial charge in [0.15, 0.2) is 0 Å². The number of hydrogen-bond acceptors (Lipinski definition) is 1. The summed E-state index contributed by atoms with van der Waals surface area (Å²) in [5.41, 5.74) is 13.6. The molecule has 1 N–H and O–H groups in total. The van der Waals surface area contributed by atoms with E-state index in [0.717, 1.165) is 20.6 Å². The Labute approximate surface area is 190 Å². The summed E-state index contributed by atoms with van der Waals surface area (Å²) in [6.07, 6.45) is 3.36. The van der Waals surface area contributed by atoms with Gasteiger partial charge in [0.1, 0.15) is 0 Å². The summed E-state index contributed by atoms with van der Waals surface area (Å²) in [6.45, 7) is 16.9. The van der Waals surface area contributed by atoms with Crippen LogP contribution >= 0.6 is 0 Å². The van der Waals surface area contributed by atoms with Crippen LogP contribution in [0.15, 0.2) is 34.9 Å². The molecule has 1 amide bonds. The van der Waals surface area contributed by atoms with Gasteiger partial charge >= 0.3 is 21.7 Å². The van der Waals surface area contributed by atoms with Crippen LogP contribution in [-0.4, -0.2) is 15.4 Å². The zero-order valence-electron chi connectivity index (χ0n) is 17.1. The molecule has 0 saturated carbocycles. The number of carbonyl (C=O) groups excluding carboxylic acids is 1. The van der Waals surface area contributed by atoms with Gasteiger partial charge in [0.25, 0.3) is 0 Å². The maximum absolute atomic E-state index is 10.6. The average Bonchev–Trinajstić information content (AvgIpc) is 2.66. The van der Waals surface area contributed by atoms with Crippen molar-refractivity contribution in [2.24, 2.45) is 5.92 Å². The van der Waals surface area contributed by atoms with E-state index in [-0.39, 0.29) is 46.5 Å². The molecule has 1 aromatic carbocycles. The molecule has 0 aliphatic heterocycles. The van der Waals surface area contributed by atoms with Gasteiger partial charge < -0.3 is 35.3 Å². The number of rotatable bonds is 1. The van der Waals surface area contributed by atoms with Gasteiger partial charge in [-0.05, 0) is 19.4 Å². The van der Waals surface area contributed by atoms with Crippen molar-refractivity contribution in [2.45, 2.75) is 54.6 Å². The number of amides is 1. The van der Waals surface area contributed by atoms with Crippen LogP contribution in [-0.2, 0) is 21.7 Å². The largest absolute Gasteiger partial charge is 4.00 e. The molecule has 2 nitrogen and oxygen atoms in total. The zero-order valence-corrected chi connectivity index (χ0v) is 21.3. The molecule has 0 bridgehead atoms. The molecule has 0 aromatic heterocycles. The van der Waals surface area contributed by atoms with E-state index in [0.29, 0.717) is 11.5 Å². The third kappa shape index (κ3) is 12.1. The molecule has 0 heterocycles. The number of aryl methyl sites for hydroxylation is 2. The van der Waals surface area contributed by atoms with Crippen LogP contribution in [0.3, 0.4) is 0 Å². The van der Waals surface area contributed by atoms with Crippen molar-refractivity contribution in [2.75, 3.05) is 0 Å². The van der Waals surface area contributed by atoms with Gasteiger partial charge in [0, 0.05) is 9.52 Å². The number of allylic oxidation sites excluding steroid dienone is 4. The summed E-state index contributed by atoms with van der Waals surface area (Å²) in [6, 6.07) is 5.43. The van der Waals surface area contributed by atoms with E-state index in [2.05, 4.69) is 46.9 Å². The van der Waals surface area contributed by atoms with E-state index in [4.69, 9.17) is 5.73 Å². The van der Waals surface area contributed by atoms with Crippen LogP contribution in [0.1, 0.15) is 49.2 Å². The maximum atomic E-state index is 10.6. The first-order valence-corrected chi connectivity index (χ1v) is 10.3. The van der Waals surface area contributed by atoms with Gasteiger partial charge in [-0.1, -0.05) is 69.1 Å². The van der Waals surface area contributed by atoms with E-state index in [1.807, 2.05) is 19.9 Å². The van der Waals surface area contributed by atoms with Crippen molar-refractivity contribution in [3.63, 3.8) is 0 Å². The molecular weight excluding hydrogens is 417 g/mol. The Kier molecular flexibility index (Phi) is 21.5. The van der Waals surface area contributed by atoms with Crippen molar-refractivity contribution < 1.29 is 51.3 Å². The third-order valence-electron chi connectivity index (χ3n) is 3.72. The summed E-state index contributed by atoms with van der Waals surface area (Å²) in [4.78, 5) is 10.6. The number of hydrogen-bond donors (Lipinski definition) is 0. The SMILES string of the molecule is CC1=[C-]C(C)C(C)=C1C.C[SiH]C.Cc1cc(C)cc(C([NH-])=O)c1.[Cl-].[Cl-].[Ti+4]. The molecule has 26 heavy (non-hydrogen) atoms. The Hall–Kier alpha value is -0.319. The summed E-state index contributed by atoms with van der Waals surface area (Å²) >= 11 is 0. The summed E-state index contributed by atoms with van der Waals surface area (Å²) < 4.78 is 0. The number of nitrogens with one attached hydrogen (secondary N) is 1. The Balaban J connectivity index is -0.000000148. The fourth-order valence-corrected chi connectivity index (χ4v) is 2.27. The van der Waals surface area contributed by atoms with Crippen molar-refractivity contribution >= 4 is 15.4 Å². The molecule has 1 aliphatic rings. The Morgan fingerprint density at radius 3 is 1.58 bits per heavy atom. The zero-order chi connectivity index (χ0) is 18.2. The fourth-order valence-electron chi connectivity index (χ4n) is 2.27. The van der Waals surface area contributed by atoms with Crippen molar-refractivity contribution in [1.82, 2.24) is 0 Å². The van der Waals surface area contributed by atoms with Crippen LogP contribution in [0, 0.1) is 25.8 Å². The minimum absolute atomic E-state index is 0. The van der Waals surface area contributed by atoms with Crippen LogP contribution in [0.2, 0.25) is 13.1 Å². The maximum Gasteiger partial charge on any atom is 4.00 e. The van der Waals surface area contributed by atoms with Crippen molar-refractivity contribution in [3.05, 3.63) is 63.4 Å². The second kappa shape index (κ2) is 16.8. The van der Waals surface area contributed by atoms with Crippen LogP contribution in [0.5, 0.6) is 0 Å². The smallest absolute Gasteiger partial charge is 1.00 e. The number of halogens is 2. The van der Waals surface area contributed by atoms with Gasteiger partial charge in [-0.25, -0.2) is 5.57 Å². The predicted molar refractivity (Wildman–Crippen MR) is 103 cm³/mol. The summed E-state index contributed by atoms with van der Waals surface area (Å²) in [5, 5.41) is 0. The standard InChI is InChI=1S/C9H11NO.C9H13.C2H7Si.2ClH.Ti/c1-6-3-7(2)5-8(4-6)9(10)11;1-6-5-7(2)9(4)8(6)3;1-3-2;;;/h3-5H,1-2H3,(H2,10,11);6H,1-4H3;3H,1-2H3;2*1H;/q;-1;;;;+4/p-3. The second-order valence-corrected chi connectivity index (χ2v) is 7.24. The molecule has 143 valence electrons. The monoisotopic (exact) mass is 446 g/mol. The van der Waals surface area contributed by atoms with Crippen LogP contribution < -0.4 is 24.8 Å². The second-order valence-electron chi connectivity index (χ2n) is 6.08. The molecule has 0 fully saturated rings. The Morgan fingerprint density at radius 1 is 1.00 bits per heavy atom. The van der Waals surface area contributed by atoms with Crippen molar-refractivity contribution in [3.8, 4) is 0 Å². The average molecular weight is 447 g/mol. The number of carbonyl (C=O) groups is 1. The minimum Gasteiger partial charge on any atom is -1.00 e. The topological polar surface area (TPSA) is 40.9 Å². The normalized spacial score (nSPS) is 14.2. The molecule has 1 aromatic rings. The molecule has 1 atom stereocenters. The minimum atomic E-state index is -0.614. The molecule has 1 unspecified atom stereocenters. The van der Waals surface area contributed by atoms with E-state index >= 15 is 0 Å². The molecular formula is C20H30Cl2NOSiTi. The Morgan fingerprint density at radius 2 is 1.38 bits per heavy atom. The first-order chi connectivity index (χ1) is 10.6. The molecule has 2 rings (SSSR count). The van der Waals surface area contributed by atoms with E-state index in [1.165, 1.54) is 16.7 Å². The van der Waals surface area contributed by atoms with Crippen LogP contribution in [0.25, 0.3) is 5.73 Å². The molecule has 1 aliphatic carbocycles. The third-order valence-corrected chi connectivity index (χ3v) is 3.72. The molecule has 6 heteroatoms. The van der Waals surface area contributed by atoms with Gasteiger partial charge in [-0.2, -0.15) is 11.1 Å².